The van der Waals surface area contributed by atoms with Crippen LogP contribution in [0.25, 0.3) is 0 Å². The Hall–Kier alpha value is -4.39. The first-order valence-corrected chi connectivity index (χ1v) is 12.5. The van der Waals surface area contributed by atoms with Crippen LogP contribution in [0.3, 0.4) is 0 Å². The van der Waals surface area contributed by atoms with Gasteiger partial charge < -0.3 is 26.2 Å². The lowest BCUT2D eigenvalue weighted by Crippen LogP contribution is -2.63. The van der Waals surface area contributed by atoms with Gasteiger partial charge in [0, 0.05) is 22.6 Å². The number of carbonyl (C=O) groups excluding carboxylic acids is 3. The molecular weight excluding hydrogens is 500 g/mol. The molecule has 2 aromatic carbocycles. The normalized spacial score (nSPS) is 26.0. The van der Waals surface area contributed by atoms with Gasteiger partial charge in [0.05, 0.1) is 11.6 Å². The number of amides is 1. The third-order valence-electron chi connectivity index (χ3n) is 8.00. The topological polar surface area (TPSA) is 161 Å². The number of aryl methyl sites for hydroxylation is 1. The predicted octanol–water partition coefficient (Wildman–Crippen LogP) is 1.83. The summed E-state index contributed by atoms with van der Waals surface area (Å²) in [6, 6.07) is 9.54. The second-order valence-electron chi connectivity index (χ2n) is 10.6. The third kappa shape index (κ3) is 3.83. The van der Waals surface area contributed by atoms with Gasteiger partial charge in [0.15, 0.2) is 11.4 Å². The number of rotatable bonds is 2. The number of carbonyl (C=O) groups is 3. The predicted molar refractivity (Wildman–Crippen MR) is 141 cm³/mol. The van der Waals surface area contributed by atoms with Crippen molar-refractivity contribution in [2.75, 3.05) is 14.1 Å². The highest BCUT2D eigenvalue weighted by molar-refractivity contribution is 6.24. The molecule has 0 radical (unpaired) electrons. The lowest BCUT2D eigenvalue weighted by atomic mass is 9.58. The fourth-order valence-electron chi connectivity index (χ4n) is 6.14. The average Bonchev–Trinajstić information content (AvgIpc) is 2.86. The number of nitrogens with two attached hydrogens (primary N) is 1. The van der Waals surface area contributed by atoms with E-state index < -0.39 is 58.0 Å². The largest absolute Gasteiger partial charge is 0.510 e. The molecule has 0 saturated carbocycles. The number of phenolic OH excluding ortho intramolecular Hbond substituents is 1. The number of fused-ring (bicyclic) bond motifs is 3. The molecule has 9 nitrogen and oxygen atoms in total. The van der Waals surface area contributed by atoms with Crippen LogP contribution in [0.5, 0.6) is 5.75 Å². The number of Topliss-reactive ketones (excluding diaryl/α,β-unsaturated/α-hetero) is 2. The highest BCUT2D eigenvalue weighted by atomic mass is 16.3. The fourth-order valence-corrected chi connectivity index (χ4v) is 6.14. The minimum atomic E-state index is -2.66. The Morgan fingerprint density at radius 3 is 2.33 bits per heavy atom. The summed E-state index contributed by atoms with van der Waals surface area (Å²) in [5, 5.41) is 44.5. The molecule has 0 bridgehead atoms. The molecule has 0 fully saturated rings. The lowest BCUT2D eigenvalue weighted by molar-refractivity contribution is -0.148. The molecule has 0 aromatic heterocycles. The maximum absolute atomic E-state index is 13.8. The molecule has 0 heterocycles. The molecular formula is C30H28N2O7. The Balaban J connectivity index is 1.66. The van der Waals surface area contributed by atoms with Crippen molar-refractivity contribution in [2.24, 2.45) is 17.6 Å². The Morgan fingerprint density at radius 1 is 1.05 bits per heavy atom. The van der Waals surface area contributed by atoms with Gasteiger partial charge in [-0.25, -0.2) is 0 Å². The summed E-state index contributed by atoms with van der Waals surface area (Å²) >= 11 is 0. The smallest absolute Gasteiger partial charge is 0.255 e. The summed E-state index contributed by atoms with van der Waals surface area (Å²) in [5.41, 5.74) is 4.47. The van der Waals surface area contributed by atoms with Crippen LogP contribution >= 0.6 is 0 Å². The summed E-state index contributed by atoms with van der Waals surface area (Å²) in [4.78, 5) is 40.7. The van der Waals surface area contributed by atoms with E-state index in [-0.39, 0.29) is 29.7 Å². The van der Waals surface area contributed by atoms with Crippen LogP contribution in [0, 0.1) is 30.6 Å². The van der Waals surface area contributed by atoms with E-state index in [0.717, 1.165) is 11.1 Å². The van der Waals surface area contributed by atoms with Gasteiger partial charge in [0.25, 0.3) is 5.91 Å². The van der Waals surface area contributed by atoms with Gasteiger partial charge in [-0.05, 0) is 69.6 Å². The third-order valence-corrected chi connectivity index (χ3v) is 8.00. The van der Waals surface area contributed by atoms with E-state index in [4.69, 9.17) is 5.73 Å². The zero-order chi connectivity index (χ0) is 28.4. The van der Waals surface area contributed by atoms with Crippen LogP contribution in [0.15, 0.2) is 59.1 Å². The van der Waals surface area contributed by atoms with Crippen LogP contribution in [-0.2, 0) is 16.0 Å². The van der Waals surface area contributed by atoms with Gasteiger partial charge in [-0.3, -0.25) is 19.3 Å². The number of aliphatic hydroxyl groups is 3. The number of benzene rings is 2. The second-order valence-corrected chi connectivity index (χ2v) is 10.6. The standard InChI is InChI=1S/C30H28N2O7/c1-14-4-6-15(7-5-14)8-9-16-10-11-20(33)22-18(16)12-17-13-19-24(32(2)3)26(35)23(29(31)38)28(37)30(19,39)27(36)21(17)25(22)34/h4-7,10-11,17,19,24,33,35-36,39H,12-13H2,1-3H3,(H2,31,38). The first-order valence-electron chi connectivity index (χ1n) is 12.5. The van der Waals surface area contributed by atoms with E-state index >= 15 is 0 Å². The molecule has 4 unspecified atom stereocenters. The van der Waals surface area contributed by atoms with Gasteiger partial charge >= 0.3 is 0 Å². The molecule has 3 aliphatic rings. The highest BCUT2D eigenvalue weighted by Gasteiger charge is 2.63. The number of nitrogens with zero attached hydrogens (tertiary/aromatic N) is 1. The summed E-state index contributed by atoms with van der Waals surface area (Å²) in [5.74, 6) is -0.653. The fraction of sp³-hybridized carbons (Fsp3) is 0.300. The second kappa shape index (κ2) is 9.12. The molecule has 6 N–H and O–H groups in total. The number of likely N-dealkylation sites (N-methyl/N-ethyl adjacent to an activating group) is 1. The van der Waals surface area contributed by atoms with Crippen LogP contribution in [-0.4, -0.2) is 68.5 Å². The van der Waals surface area contributed by atoms with Crippen molar-refractivity contribution < 1.29 is 34.8 Å². The molecule has 39 heavy (non-hydrogen) atoms. The lowest BCUT2D eigenvalue weighted by Gasteiger charge is -2.50. The molecule has 2 aromatic rings. The Labute approximate surface area is 224 Å². The van der Waals surface area contributed by atoms with Crippen molar-refractivity contribution >= 4 is 17.5 Å². The van der Waals surface area contributed by atoms with E-state index in [2.05, 4.69) is 11.8 Å². The monoisotopic (exact) mass is 528 g/mol. The molecule has 1 amide bonds. The zero-order valence-corrected chi connectivity index (χ0v) is 21.6. The molecule has 0 saturated heterocycles. The van der Waals surface area contributed by atoms with Crippen LogP contribution in [0.2, 0.25) is 0 Å². The molecule has 4 atom stereocenters. The van der Waals surface area contributed by atoms with Gasteiger partial charge in [0.2, 0.25) is 5.78 Å². The number of aliphatic hydroxyl groups excluding tert-OH is 2. The minimum Gasteiger partial charge on any atom is -0.510 e. The molecule has 200 valence electrons. The minimum absolute atomic E-state index is 0.0201. The van der Waals surface area contributed by atoms with E-state index in [1.165, 1.54) is 11.0 Å². The van der Waals surface area contributed by atoms with Crippen molar-refractivity contribution in [1.29, 1.82) is 0 Å². The van der Waals surface area contributed by atoms with E-state index in [1.807, 2.05) is 31.2 Å². The Bertz CT molecular complexity index is 1570. The number of hydrogen-bond acceptors (Lipinski definition) is 8. The number of aromatic hydroxyl groups is 1. The maximum Gasteiger partial charge on any atom is 0.255 e. The SMILES string of the molecule is Cc1ccc(C#Cc2ccc(O)c3c2CC2CC4C(N(C)C)C(O)=C(C(N)=O)C(=O)C4(O)C(O)=C2C3=O)cc1. The van der Waals surface area contributed by atoms with Gasteiger partial charge in [-0.2, -0.15) is 0 Å². The Morgan fingerprint density at radius 2 is 1.72 bits per heavy atom. The van der Waals surface area contributed by atoms with Crippen LogP contribution in [0.1, 0.15) is 39.0 Å². The van der Waals surface area contributed by atoms with Gasteiger partial charge in [-0.1, -0.05) is 29.5 Å². The summed E-state index contributed by atoms with van der Waals surface area (Å²) in [6.07, 6.45) is 0.201. The zero-order valence-electron chi connectivity index (χ0n) is 21.6. The van der Waals surface area contributed by atoms with E-state index in [0.29, 0.717) is 11.1 Å². The van der Waals surface area contributed by atoms with E-state index in [1.54, 1.807) is 20.2 Å². The number of ketones is 2. The molecule has 0 aliphatic heterocycles. The van der Waals surface area contributed by atoms with Crippen LogP contribution in [0.4, 0.5) is 0 Å². The molecule has 5 rings (SSSR count). The van der Waals surface area contributed by atoms with Crippen molar-refractivity contribution in [3.8, 4) is 17.6 Å². The van der Waals surface area contributed by atoms with Crippen molar-refractivity contribution in [3.63, 3.8) is 0 Å². The average molecular weight is 529 g/mol. The van der Waals surface area contributed by atoms with E-state index in [9.17, 15) is 34.8 Å². The first kappa shape index (κ1) is 26.2. The van der Waals surface area contributed by atoms with Gasteiger partial charge in [0.1, 0.15) is 22.8 Å². The summed E-state index contributed by atoms with van der Waals surface area (Å²) in [7, 11) is 3.17. The first-order chi connectivity index (χ1) is 18.4. The highest BCUT2D eigenvalue weighted by Crippen LogP contribution is 2.52. The summed E-state index contributed by atoms with van der Waals surface area (Å²) < 4.78 is 0. The van der Waals surface area contributed by atoms with Gasteiger partial charge in [-0.15, -0.1) is 0 Å². The van der Waals surface area contributed by atoms with Crippen molar-refractivity contribution in [2.45, 2.75) is 31.4 Å². The number of phenols is 1. The summed E-state index contributed by atoms with van der Waals surface area (Å²) in [6.45, 7) is 1.97. The molecule has 9 heteroatoms. The number of primary amides is 1. The Kier molecular flexibility index (Phi) is 6.13. The number of allylic oxidation sites excluding steroid dienone is 1. The quantitative estimate of drug-likeness (QED) is 0.291. The van der Waals surface area contributed by atoms with Crippen molar-refractivity contribution in [1.82, 2.24) is 4.90 Å². The van der Waals surface area contributed by atoms with Crippen LogP contribution < -0.4 is 5.73 Å². The molecule has 0 spiro atoms. The maximum atomic E-state index is 13.8. The molecule has 3 aliphatic carbocycles. The number of hydrogen-bond donors (Lipinski definition) is 5. The van der Waals surface area contributed by atoms with Crippen molar-refractivity contribution in [3.05, 3.63) is 86.9 Å².